The van der Waals surface area contributed by atoms with Crippen LogP contribution in [0.4, 0.5) is 0 Å². The smallest absolute Gasteiger partial charge is 0.321 e. The van der Waals surface area contributed by atoms with Crippen molar-refractivity contribution < 1.29 is 34.1 Å². The molecule has 162 valence electrons. The quantitative estimate of drug-likeness (QED) is 0.336. The number of aryl methyl sites for hydroxylation is 1. The van der Waals surface area contributed by atoms with Crippen molar-refractivity contribution in [2.75, 3.05) is 5.75 Å². The SMILES string of the molecule is Cc1c(C(=O)SC[C@H](N)C(=O)O)[nH]c2cccc(COC(=O)CC[C@H](N)C(=O)O)c12. The maximum Gasteiger partial charge on any atom is 0.321 e. The summed E-state index contributed by atoms with van der Waals surface area (Å²) in [6.45, 7) is 1.68. The zero-order valence-corrected chi connectivity index (χ0v) is 17.0. The van der Waals surface area contributed by atoms with Crippen LogP contribution in [0.1, 0.15) is 34.5 Å². The molecule has 1 heterocycles. The molecule has 0 radical (unpaired) electrons. The zero-order valence-electron chi connectivity index (χ0n) is 16.2. The van der Waals surface area contributed by atoms with Gasteiger partial charge in [-0.1, -0.05) is 23.9 Å². The maximum atomic E-state index is 12.5. The van der Waals surface area contributed by atoms with Gasteiger partial charge in [0.15, 0.2) is 0 Å². The van der Waals surface area contributed by atoms with E-state index in [1.807, 2.05) is 0 Å². The Hall–Kier alpha value is -2.89. The van der Waals surface area contributed by atoms with Crippen molar-refractivity contribution >= 4 is 45.7 Å². The topological polar surface area (TPSA) is 186 Å². The number of benzene rings is 1. The van der Waals surface area contributed by atoms with Gasteiger partial charge in [0.1, 0.15) is 18.7 Å². The molecule has 0 saturated carbocycles. The number of hydrogen-bond donors (Lipinski definition) is 5. The Morgan fingerprint density at radius 3 is 2.43 bits per heavy atom. The highest BCUT2D eigenvalue weighted by molar-refractivity contribution is 8.14. The minimum absolute atomic E-state index is 0.0318. The molecule has 10 nitrogen and oxygen atoms in total. The average Bonchev–Trinajstić information content (AvgIpc) is 3.05. The molecule has 0 aliphatic heterocycles. The van der Waals surface area contributed by atoms with Crippen molar-refractivity contribution in [2.45, 2.75) is 38.5 Å². The molecule has 0 bridgehead atoms. The maximum absolute atomic E-state index is 12.5. The zero-order chi connectivity index (χ0) is 22.4. The molecule has 11 heteroatoms. The van der Waals surface area contributed by atoms with Crippen LogP contribution >= 0.6 is 11.8 Å². The molecular formula is C19H23N3O7S. The fourth-order valence-electron chi connectivity index (χ4n) is 2.76. The third kappa shape index (κ3) is 5.81. The van der Waals surface area contributed by atoms with Gasteiger partial charge in [-0.25, -0.2) is 0 Å². The molecule has 2 atom stereocenters. The van der Waals surface area contributed by atoms with Gasteiger partial charge in [-0.2, -0.15) is 0 Å². The van der Waals surface area contributed by atoms with Crippen LogP contribution in [0, 0.1) is 6.92 Å². The van der Waals surface area contributed by atoms with Gasteiger partial charge in [0, 0.05) is 23.1 Å². The third-order valence-electron chi connectivity index (χ3n) is 4.44. The van der Waals surface area contributed by atoms with Crippen LogP contribution in [0.15, 0.2) is 18.2 Å². The first-order valence-corrected chi connectivity index (χ1v) is 10.00. The minimum Gasteiger partial charge on any atom is -0.480 e. The van der Waals surface area contributed by atoms with Crippen molar-refractivity contribution in [1.29, 1.82) is 0 Å². The summed E-state index contributed by atoms with van der Waals surface area (Å²) in [6, 6.07) is 2.98. The van der Waals surface area contributed by atoms with E-state index in [9.17, 15) is 19.2 Å². The van der Waals surface area contributed by atoms with Crippen LogP contribution in [-0.4, -0.2) is 56.1 Å². The Balaban J connectivity index is 2.09. The first kappa shape index (κ1) is 23.4. The lowest BCUT2D eigenvalue weighted by molar-refractivity contribution is -0.145. The van der Waals surface area contributed by atoms with Crippen molar-refractivity contribution in [3.05, 3.63) is 35.0 Å². The van der Waals surface area contributed by atoms with E-state index in [0.717, 1.165) is 17.1 Å². The minimum atomic E-state index is -1.19. The summed E-state index contributed by atoms with van der Waals surface area (Å²) in [7, 11) is 0. The summed E-state index contributed by atoms with van der Waals surface area (Å²) < 4.78 is 5.22. The number of carbonyl (C=O) groups is 4. The Morgan fingerprint density at radius 2 is 1.80 bits per heavy atom. The molecule has 0 amide bonds. The van der Waals surface area contributed by atoms with E-state index in [-0.39, 0.29) is 30.3 Å². The lowest BCUT2D eigenvalue weighted by Crippen LogP contribution is -2.32. The van der Waals surface area contributed by atoms with E-state index in [2.05, 4.69) is 4.98 Å². The summed E-state index contributed by atoms with van der Waals surface area (Å²) >= 11 is 0.810. The molecule has 2 aromatic rings. The Bertz CT molecular complexity index is 972. The van der Waals surface area contributed by atoms with Crippen molar-refractivity contribution in [3.8, 4) is 0 Å². The number of aromatic amines is 1. The summed E-state index contributed by atoms with van der Waals surface area (Å²) in [5, 5.41) is 18.0. The summed E-state index contributed by atoms with van der Waals surface area (Å²) in [4.78, 5) is 48.9. The molecule has 1 aromatic carbocycles. The summed E-state index contributed by atoms with van der Waals surface area (Å²) in [5.74, 6) is -3.01. The third-order valence-corrected chi connectivity index (χ3v) is 5.43. The number of carboxylic acid groups (broad SMARTS) is 2. The number of nitrogens with one attached hydrogen (secondary N) is 1. The predicted octanol–water partition coefficient (Wildman–Crippen LogP) is 0.997. The number of carboxylic acids is 2. The number of hydrogen-bond acceptors (Lipinski definition) is 8. The van der Waals surface area contributed by atoms with E-state index in [4.69, 9.17) is 26.4 Å². The number of rotatable bonds is 10. The fraction of sp³-hybridized carbons (Fsp3) is 0.368. The molecule has 1 aromatic heterocycles. The standard InChI is InChI=1S/C19H23N3O7S/c1-9-15-10(7-29-14(23)6-5-11(20)17(24)25)3-2-4-13(15)22-16(9)19(28)30-8-12(21)18(26)27/h2-4,11-12,22H,5-8,20-21H2,1H3,(H,24,25)(H,26,27)/t11-,12-/m0/s1. The normalized spacial score (nSPS) is 13.0. The molecule has 0 aliphatic rings. The second-order valence-corrected chi connectivity index (χ2v) is 7.64. The van der Waals surface area contributed by atoms with Crippen LogP contribution in [0.2, 0.25) is 0 Å². The number of thioether (sulfide) groups is 1. The number of fused-ring (bicyclic) bond motifs is 1. The number of aliphatic carboxylic acids is 2. The molecule has 0 saturated heterocycles. The van der Waals surface area contributed by atoms with Gasteiger partial charge in [0.2, 0.25) is 5.12 Å². The van der Waals surface area contributed by atoms with Crippen LogP contribution in [0.3, 0.4) is 0 Å². The van der Waals surface area contributed by atoms with Gasteiger partial charge in [0.05, 0.1) is 5.69 Å². The van der Waals surface area contributed by atoms with Crippen molar-refractivity contribution in [1.82, 2.24) is 4.98 Å². The molecule has 2 rings (SSSR count). The van der Waals surface area contributed by atoms with Gasteiger partial charge < -0.3 is 31.4 Å². The number of esters is 1. The van der Waals surface area contributed by atoms with Gasteiger partial charge in [0.25, 0.3) is 0 Å². The van der Waals surface area contributed by atoms with Gasteiger partial charge in [-0.3, -0.25) is 19.2 Å². The van der Waals surface area contributed by atoms with Crippen molar-refractivity contribution in [3.63, 3.8) is 0 Å². The number of H-pyrrole nitrogens is 1. The molecule has 30 heavy (non-hydrogen) atoms. The van der Waals surface area contributed by atoms with Crippen LogP contribution in [0.25, 0.3) is 10.9 Å². The largest absolute Gasteiger partial charge is 0.480 e. The Kier molecular flexibility index (Phi) is 7.98. The second-order valence-electron chi connectivity index (χ2n) is 6.65. The van der Waals surface area contributed by atoms with Crippen LogP contribution in [-0.2, 0) is 25.7 Å². The number of aromatic nitrogens is 1. The predicted molar refractivity (Wildman–Crippen MR) is 110 cm³/mol. The number of nitrogens with two attached hydrogens (primary N) is 2. The van der Waals surface area contributed by atoms with Crippen LogP contribution < -0.4 is 11.5 Å². The molecule has 0 spiro atoms. The van der Waals surface area contributed by atoms with Crippen molar-refractivity contribution in [2.24, 2.45) is 11.5 Å². The molecule has 0 aliphatic carbocycles. The highest BCUT2D eigenvalue weighted by atomic mass is 32.2. The van der Waals surface area contributed by atoms with E-state index in [0.29, 0.717) is 22.3 Å². The number of carbonyl (C=O) groups excluding carboxylic acids is 2. The molecule has 0 fully saturated rings. The Labute approximate surface area is 175 Å². The average molecular weight is 437 g/mol. The molecule has 7 N–H and O–H groups in total. The van der Waals surface area contributed by atoms with Crippen LogP contribution in [0.5, 0.6) is 0 Å². The first-order valence-electron chi connectivity index (χ1n) is 9.01. The highest BCUT2D eigenvalue weighted by Gasteiger charge is 2.21. The van der Waals surface area contributed by atoms with Gasteiger partial charge >= 0.3 is 17.9 Å². The van der Waals surface area contributed by atoms with E-state index in [1.165, 1.54) is 0 Å². The van der Waals surface area contributed by atoms with Gasteiger partial charge in [-0.05, 0) is 30.5 Å². The van der Waals surface area contributed by atoms with E-state index in [1.54, 1.807) is 25.1 Å². The molecular weight excluding hydrogens is 414 g/mol. The second kappa shape index (κ2) is 10.2. The molecule has 0 unspecified atom stereocenters. The monoisotopic (exact) mass is 437 g/mol. The van der Waals surface area contributed by atoms with E-state index >= 15 is 0 Å². The van der Waals surface area contributed by atoms with Gasteiger partial charge in [-0.15, -0.1) is 0 Å². The fourth-order valence-corrected chi connectivity index (χ4v) is 3.58. The lowest BCUT2D eigenvalue weighted by Gasteiger charge is -2.08. The first-order chi connectivity index (χ1) is 14.1. The lowest BCUT2D eigenvalue weighted by atomic mass is 10.1. The van der Waals surface area contributed by atoms with E-state index < -0.39 is 30.0 Å². The number of ether oxygens (including phenoxy) is 1. The summed E-state index contributed by atoms with van der Waals surface area (Å²) in [5.41, 5.74) is 13.1. The summed E-state index contributed by atoms with van der Waals surface area (Å²) in [6.07, 6.45) is -0.157. The highest BCUT2D eigenvalue weighted by Crippen LogP contribution is 2.28. The Morgan fingerprint density at radius 1 is 1.13 bits per heavy atom.